The van der Waals surface area contributed by atoms with Crippen LogP contribution in [0.15, 0.2) is 24.3 Å². The van der Waals surface area contributed by atoms with Gasteiger partial charge < -0.3 is 9.64 Å². The van der Waals surface area contributed by atoms with Crippen LogP contribution < -0.4 is 9.64 Å². The van der Waals surface area contributed by atoms with Crippen molar-refractivity contribution >= 4 is 17.3 Å². The monoisotopic (exact) mass is 241 g/mol. The number of benzene rings is 1. The highest BCUT2D eigenvalue weighted by molar-refractivity contribution is 6.17. The molecule has 0 unspecified atom stereocenters. The van der Waals surface area contributed by atoms with E-state index < -0.39 is 0 Å². The normalized spacial score (nSPS) is 10.2. The highest BCUT2D eigenvalue weighted by Crippen LogP contribution is 2.20. The van der Waals surface area contributed by atoms with Gasteiger partial charge in [0.15, 0.2) is 0 Å². The van der Waals surface area contributed by atoms with Crippen molar-refractivity contribution in [1.82, 2.24) is 0 Å². The van der Waals surface area contributed by atoms with Gasteiger partial charge in [-0.05, 0) is 25.0 Å². The molecular formula is C13H20ClNO. The van der Waals surface area contributed by atoms with Gasteiger partial charge in [0.05, 0.1) is 7.11 Å². The van der Waals surface area contributed by atoms with Gasteiger partial charge >= 0.3 is 0 Å². The lowest BCUT2D eigenvalue weighted by atomic mass is 10.2. The molecule has 0 aliphatic heterocycles. The van der Waals surface area contributed by atoms with Crippen LogP contribution in [-0.4, -0.2) is 26.6 Å². The Morgan fingerprint density at radius 2 is 2.06 bits per heavy atom. The van der Waals surface area contributed by atoms with Crippen LogP contribution in [0.4, 0.5) is 5.69 Å². The molecule has 0 bridgehead atoms. The Morgan fingerprint density at radius 3 is 2.75 bits per heavy atom. The SMILES string of the molecule is COc1cccc(N(C)CCCCCCl)c1. The molecule has 0 N–H and O–H groups in total. The molecule has 0 aliphatic carbocycles. The number of anilines is 1. The first-order valence-electron chi connectivity index (χ1n) is 5.69. The molecule has 0 atom stereocenters. The highest BCUT2D eigenvalue weighted by atomic mass is 35.5. The molecule has 3 heteroatoms. The van der Waals surface area contributed by atoms with Gasteiger partial charge in [0.1, 0.15) is 5.75 Å². The molecular weight excluding hydrogens is 222 g/mol. The minimum Gasteiger partial charge on any atom is -0.497 e. The molecule has 0 spiro atoms. The van der Waals surface area contributed by atoms with Gasteiger partial charge in [0.2, 0.25) is 0 Å². The molecule has 16 heavy (non-hydrogen) atoms. The zero-order valence-electron chi connectivity index (χ0n) is 10.1. The Hall–Kier alpha value is -0.890. The Balaban J connectivity index is 2.42. The summed E-state index contributed by atoms with van der Waals surface area (Å²) in [5.74, 6) is 1.67. The molecule has 2 nitrogen and oxygen atoms in total. The standard InChI is InChI=1S/C13H20ClNO/c1-15(10-5-3-4-9-14)12-7-6-8-13(11-12)16-2/h6-8,11H,3-5,9-10H2,1-2H3. The Kier molecular flexibility index (Phi) is 6.09. The van der Waals surface area contributed by atoms with E-state index in [2.05, 4.69) is 24.1 Å². The van der Waals surface area contributed by atoms with Crippen molar-refractivity contribution in [3.05, 3.63) is 24.3 Å². The van der Waals surface area contributed by atoms with Gasteiger partial charge in [-0.1, -0.05) is 12.5 Å². The molecule has 1 aromatic rings. The van der Waals surface area contributed by atoms with Crippen LogP contribution in [0.2, 0.25) is 0 Å². The van der Waals surface area contributed by atoms with Crippen molar-refractivity contribution in [3.63, 3.8) is 0 Å². The molecule has 0 heterocycles. The van der Waals surface area contributed by atoms with Crippen LogP contribution in [-0.2, 0) is 0 Å². The van der Waals surface area contributed by atoms with Crippen molar-refractivity contribution in [3.8, 4) is 5.75 Å². The first-order chi connectivity index (χ1) is 7.77. The number of alkyl halides is 1. The number of unbranched alkanes of at least 4 members (excludes halogenated alkanes) is 2. The molecule has 0 saturated heterocycles. The largest absolute Gasteiger partial charge is 0.497 e. The second-order valence-corrected chi connectivity index (χ2v) is 4.25. The van der Waals surface area contributed by atoms with Gasteiger partial charge in [0.25, 0.3) is 0 Å². The van der Waals surface area contributed by atoms with Crippen molar-refractivity contribution in [2.24, 2.45) is 0 Å². The molecule has 1 aromatic carbocycles. The maximum Gasteiger partial charge on any atom is 0.120 e. The first-order valence-corrected chi connectivity index (χ1v) is 6.22. The summed E-state index contributed by atoms with van der Waals surface area (Å²) in [7, 11) is 3.80. The van der Waals surface area contributed by atoms with E-state index in [1.165, 1.54) is 18.5 Å². The number of hydrogen-bond donors (Lipinski definition) is 0. The number of methoxy groups -OCH3 is 1. The minimum atomic E-state index is 0.767. The van der Waals surface area contributed by atoms with Crippen molar-refractivity contribution in [2.45, 2.75) is 19.3 Å². The van der Waals surface area contributed by atoms with E-state index in [9.17, 15) is 0 Å². The number of halogens is 1. The maximum atomic E-state index is 5.64. The van der Waals surface area contributed by atoms with E-state index in [4.69, 9.17) is 16.3 Å². The lowest BCUT2D eigenvalue weighted by molar-refractivity contribution is 0.415. The van der Waals surface area contributed by atoms with Crippen molar-refractivity contribution in [2.75, 3.05) is 31.5 Å². The smallest absolute Gasteiger partial charge is 0.120 e. The lowest BCUT2D eigenvalue weighted by Gasteiger charge is -2.19. The van der Waals surface area contributed by atoms with E-state index >= 15 is 0 Å². The number of ether oxygens (including phenoxy) is 1. The molecule has 0 amide bonds. The summed E-state index contributed by atoms with van der Waals surface area (Å²) in [5.41, 5.74) is 1.20. The van der Waals surface area contributed by atoms with Gasteiger partial charge in [-0.3, -0.25) is 0 Å². The average molecular weight is 242 g/mol. The first kappa shape index (κ1) is 13.2. The summed E-state index contributed by atoms with van der Waals surface area (Å²) in [4.78, 5) is 2.25. The zero-order valence-corrected chi connectivity index (χ0v) is 10.8. The van der Waals surface area contributed by atoms with Crippen molar-refractivity contribution in [1.29, 1.82) is 0 Å². The van der Waals surface area contributed by atoms with E-state index in [1.54, 1.807) is 7.11 Å². The summed E-state index contributed by atoms with van der Waals surface area (Å²) in [6, 6.07) is 8.14. The second kappa shape index (κ2) is 7.39. The summed E-state index contributed by atoms with van der Waals surface area (Å²) >= 11 is 5.64. The Bertz CT molecular complexity index is 304. The number of rotatable bonds is 7. The average Bonchev–Trinajstić information content (AvgIpc) is 2.34. The van der Waals surface area contributed by atoms with Crippen LogP contribution in [0.25, 0.3) is 0 Å². The van der Waals surface area contributed by atoms with Crippen LogP contribution in [0.5, 0.6) is 5.75 Å². The van der Waals surface area contributed by atoms with Gasteiger partial charge in [-0.15, -0.1) is 11.6 Å². The molecule has 0 aromatic heterocycles. The van der Waals surface area contributed by atoms with Crippen LogP contribution in [0.3, 0.4) is 0 Å². The Morgan fingerprint density at radius 1 is 1.25 bits per heavy atom. The lowest BCUT2D eigenvalue weighted by Crippen LogP contribution is -2.18. The molecule has 0 fully saturated rings. The summed E-state index contributed by atoms with van der Waals surface area (Å²) in [6.07, 6.45) is 3.48. The fourth-order valence-electron chi connectivity index (χ4n) is 1.60. The topological polar surface area (TPSA) is 12.5 Å². The summed E-state index contributed by atoms with van der Waals surface area (Å²) in [5, 5.41) is 0. The molecule has 0 aliphatic rings. The summed E-state index contributed by atoms with van der Waals surface area (Å²) in [6.45, 7) is 1.06. The van der Waals surface area contributed by atoms with Crippen LogP contribution in [0, 0.1) is 0 Å². The quantitative estimate of drug-likeness (QED) is 0.535. The maximum absolute atomic E-state index is 5.64. The fourth-order valence-corrected chi connectivity index (χ4v) is 1.79. The number of hydrogen-bond acceptors (Lipinski definition) is 2. The second-order valence-electron chi connectivity index (χ2n) is 3.87. The van der Waals surface area contributed by atoms with Crippen LogP contribution >= 0.6 is 11.6 Å². The predicted molar refractivity (Wildman–Crippen MR) is 70.8 cm³/mol. The zero-order chi connectivity index (χ0) is 11.8. The fraction of sp³-hybridized carbons (Fsp3) is 0.538. The van der Waals surface area contributed by atoms with E-state index in [1.807, 2.05) is 12.1 Å². The van der Waals surface area contributed by atoms with Gasteiger partial charge in [-0.2, -0.15) is 0 Å². The predicted octanol–water partition coefficient (Wildman–Crippen LogP) is 3.54. The number of nitrogens with zero attached hydrogens (tertiary/aromatic N) is 1. The molecule has 90 valence electrons. The van der Waals surface area contributed by atoms with Crippen LogP contribution in [0.1, 0.15) is 19.3 Å². The van der Waals surface area contributed by atoms with Gasteiger partial charge in [-0.25, -0.2) is 0 Å². The van der Waals surface area contributed by atoms with Gasteiger partial charge in [0, 0.05) is 31.2 Å². The van der Waals surface area contributed by atoms with E-state index in [0.717, 1.165) is 24.6 Å². The Labute approximate surface area is 103 Å². The highest BCUT2D eigenvalue weighted by Gasteiger charge is 2.01. The third-order valence-electron chi connectivity index (χ3n) is 2.62. The third kappa shape index (κ3) is 4.31. The molecule has 1 rings (SSSR count). The molecule has 0 saturated carbocycles. The third-order valence-corrected chi connectivity index (χ3v) is 2.89. The summed E-state index contributed by atoms with van der Waals surface area (Å²) < 4.78 is 5.20. The van der Waals surface area contributed by atoms with E-state index in [0.29, 0.717) is 0 Å². The van der Waals surface area contributed by atoms with E-state index in [-0.39, 0.29) is 0 Å². The minimum absolute atomic E-state index is 0.767. The van der Waals surface area contributed by atoms with Crippen molar-refractivity contribution < 1.29 is 4.74 Å². The molecule has 0 radical (unpaired) electrons.